The zero-order valence-corrected chi connectivity index (χ0v) is 18.9. The summed E-state index contributed by atoms with van der Waals surface area (Å²) in [5.74, 6) is 2.07. The number of unbranched alkanes of at least 4 members (excludes halogenated alkanes) is 1. The maximum absolute atomic E-state index is 15.2. The van der Waals surface area contributed by atoms with E-state index >= 15 is 8.78 Å². The van der Waals surface area contributed by atoms with Gasteiger partial charge < -0.3 is 0 Å². The van der Waals surface area contributed by atoms with Gasteiger partial charge in [0.25, 0.3) is 0 Å². The topological polar surface area (TPSA) is 0 Å². The van der Waals surface area contributed by atoms with Gasteiger partial charge in [0.05, 0.1) is 0 Å². The third kappa shape index (κ3) is 4.68. The summed E-state index contributed by atoms with van der Waals surface area (Å²) in [6.07, 6.45) is 18.0. The smallest absolute Gasteiger partial charge is 0.162 e. The van der Waals surface area contributed by atoms with E-state index in [1.165, 1.54) is 44.9 Å². The third-order valence-electron chi connectivity index (χ3n) is 8.65. The number of aryl methyl sites for hydroxylation is 1. The highest BCUT2D eigenvalue weighted by Gasteiger charge is 2.37. The van der Waals surface area contributed by atoms with Crippen LogP contribution in [0.15, 0.2) is 18.7 Å². The lowest BCUT2D eigenvalue weighted by Crippen LogP contribution is -2.31. The molecule has 4 rings (SSSR count). The van der Waals surface area contributed by atoms with Crippen molar-refractivity contribution in [3.8, 4) is 0 Å². The Morgan fingerprint density at radius 3 is 2.57 bits per heavy atom. The molecule has 0 saturated heterocycles. The lowest BCUT2D eigenvalue weighted by molar-refractivity contribution is 0.114. The molecule has 0 N–H and O–H groups in total. The highest BCUT2D eigenvalue weighted by molar-refractivity contribution is 5.38. The summed E-state index contributed by atoms with van der Waals surface area (Å²) < 4.78 is 30.3. The zero-order valence-electron chi connectivity index (χ0n) is 18.9. The largest absolute Gasteiger partial charge is 0.203 e. The minimum atomic E-state index is -0.520. The Balaban J connectivity index is 1.44. The molecule has 2 saturated carbocycles. The molecule has 0 aromatic heterocycles. The van der Waals surface area contributed by atoms with Crippen LogP contribution in [0.2, 0.25) is 0 Å². The van der Waals surface area contributed by atoms with Crippen LogP contribution in [0.4, 0.5) is 8.78 Å². The van der Waals surface area contributed by atoms with E-state index in [4.69, 9.17) is 0 Å². The van der Waals surface area contributed by atoms with Crippen LogP contribution in [-0.2, 0) is 12.8 Å². The number of fused-ring (bicyclic) bond motifs is 2. The van der Waals surface area contributed by atoms with Crippen LogP contribution >= 0.6 is 0 Å². The van der Waals surface area contributed by atoms with Gasteiger partial charge in [-0.2, -0.15) is 0 Å². The second-order valence-electron chi connectivity index (χ2n) is 10.6. The molecule has 0 heterocycles. The minimum Gasteiger partial charge on any atom is -0.203 e. The van der Waals surface area contributed by atoms with Crippen molar-refractivity contribution in [1.82, 2.24) is 0 Å². The first kappa shape index (κ1) is 22.0. The number of hydrogen-bond acceptors (Lipinski definition) is 0. The van der Waals surface area contributed by atoms with Crippen molar-refractivity contribution >= 4 is 0 Å². The summed E-state index contributed by atoms with van der Waals surface area (Å²) in [4.78, 5) is 0. The van der Waals surface area contributed by atoms with E-state index in [1.54, 1.807) is 0 Å². The van der Waals surface area contributed by atoms with E-state index in [0.717, 1.165) is 62.3 Å². The Labute approximate surface area is 182 Å². The quantitative estimate of drug-likeness (QED) is 0.392. The van der Waals surface area contributed by atoms with Gasteiger partial charge in [-0.15, -0.1) is 6.58 Å². The summed E-state index contributed by atoms with van der Waals surface area (Å²) in [6, 6.07) is 2.07. The van der Waals surface area contributed by atoms with Crippen molar-refractivity contribution < 1.29 is 8.78 Å². The molecule has 166 valence electrons. The van der Waals surface area contributed by atoms with Gasteiger partial charge >= 0.3 is 0 Å². The Morgan fingerprint density at radius 1 is 0.967 bits per heavy atom. The van der Waals surface area contributed by atoms with Crippen molar-refractivity contribution in [3.63, 3.8) is 0 Å². The molecule has 5 unspecified atom stereocenters. The molecule has 0 spiro atoms. The standard InChI is InChI=1S/C28H40F2/c1-3-5-7-19-9-11-22-17-23(14-13-21(22)15-19)26-18-24-12-10-20(8-6-4-2)16-25(24)27(29)28(26)30/h3,18-23H,1,4-17H2,2H3. The average Bonchev–Trinajstić information content (AvgIpc) is 2.78. The molecule has 1 aromatic rings. The Kier molecular flexibility index (Phi) is 7.32. The summed E-state index contributed by atoms with van der Waals surface area (Å²) in [5, 5.41) is 0. The second-order valence-corrected chi connectivity index (χ2v) is 10.6. The third-order valence-corrected chi connectivity index (χ3v) is 8.65. The predicted octanol–water partition coefficient (Wildman–Crippen LogP) is 8.53. The second kappa shape index (κ2) is 9.96. The molecule has 1 aromatic carbocycles. The van der Waals surface area contributed by atoms with Crippen molar-refractivity contribution in [2.45, 2.75) is 103 Å². The number of halogens is 2. The Morgan fingerprint density at radius 2 is 1.77 bits per heavy atom. The molecular formula is C28H40F2. The van der Waals surface area contributed by atoms with Crippen LogP contribution in [0, 0.1) is 35.3 Å². The fraction of sp³-hybridized carbons (Fsp3) is 0.714. The van der Waals surface area contributed by atoms with Crippen molar-refractivity contribution in [3.05, 3.63) is 47.0 Å². The average molecular weight is 415 g/mol. The number of benzene rings is 1. The Bertz CT molecular complexity index is 737. The maximum Gasteiger partial charge on any atom is 0.162 e. The van der Waals surface area contributed by atoms with E-state index in [9.17, 15) is 0 Å². The van der Waals surface area contributed by atoms with Gasteiger partial charge in [0.2, 0.25) is 0 Å². The van der Waals surface area contributed by atoms with E-state index in [1.807, 2.05) is 6.08 Å². The molecule has 30 heavy (non-hydrogen) atoms. The fourth-order valence-electron chi connectivity index (χ4n) is 6.85. The van der Waals surface area contributed by atoms with E-state index in [0.29, 0.717) is 23.0 Å². The van der Waals surface area contributed by atoms with Gasteiger partial charge in [-0.25, -0.2) is 8.78 Å². The number of hydrogen-bond donors (Lipinski definition) is 0. The molecule has 0 nitrogen and oxygen atoms in total. The highest BCUT2D eigenvalue weighted by Crippen LogP contribution is 2.49. The predicted molar refractivity (Wildman–Crippen MR) is 122 cm³/mol. The molecule has 2 fully saturated rings. The van der Waals surface area contributed by atoms with Crippen molar-refractivity contribution in [2.24, 2.45) is 23.7 Å². The van der Waals surface area contributed by atoms with E-state index in [2.05, 4.69) is 19.6 Å². The van der Waals surface area contributed by atoms with Crippen LogP contribution in [0.1, 0.15) is 107 Å². The number of allylic oxidation sites excluding steroid dienone is 1. The SMILES string of the molecule is C=CCCC1CCC2CC(c3cc4c(c(F)c3F)CC(CCCC)CC4)CCC2C1. The van der Waals surface area contributed by atoms with Crippen LogP contribution in [0.25, 0.3) is 0 Å². The fourth-order valence-corrected chi connectivity index (χ4v) is 6.85. The van der Waals surface area contributed by atoms with Crippen LogP contribution in [-0.4, -0.2) is 0 Å². The molecular weight excluding hydrogens is 374 g/mol. The van der Waals surface area contributed by atoms with Gasteiger partial charge in [0.1, 0.15) is 0 Å². The van der Waals surface area contributed by atoms with Crippen LogP contribution in [0.3, 0.4) is 0 Å². The molecule has 0 amide bonds. The summed E-state index contributed by atoms with van der Waals surface area (Å²) >= 11 is 0. The van der Waals surface area contributed by atoms with Gasteiger partial charge in [-0.3, -0.25) is 0 Å². The van der Waals surface area contributed by atoms with Gasteiger partial charge in [0, 0.05) is 0 Å². The van der Waals surface area contributed by atoms with Crippen LogP contribution in [0.5, 0.6) is 0 Å². The normalized spacial score (nSPS) is 31.1. The molecule has 2 heteroatoms. The van der Waals surface area contributed by atoms with Gasteiger partial charge in [-0.1, -0.05) is 44.7 Å². The monoisotopic (exact) mass is 414 g/mol. The highest BCUT2D eigenvalue weighted by atomic mass is 19.2. The lowest BCUT2D eigenvalue weighted by atomic mass is 9.63. The molecule has 5 atom stereocenters. The van der Waals surface area contributed by atoms with E-state index in [-0.39, 0.29) is 5.92 Å². The maximum atomic E-state index is 15.2. The van der Waals surface area contributed by atoms with Crippen molar-refractivity contribution in [2.75, 3.05) is 0 Å². The minimum absolute atomic E-state index is 0.216. The molecule has 0 radical (unpaired) electrons. The van der Waals surface area contributed by atoms with Crippen molar-refractivity contribution in [1.29, 1.82) is 0 Å². The number of rotatable bonds is 7. The molecule has 3 aliphatic carbocycles. The first-order chi connectivity index (χ1) is 14.6. The summed E-state index contributed by atoms with van der Waals surface area (Å²) in [5.41, 5.74) is 2.50. The first-order valence-electron chi connectivity index (χ1n) is 12.7. The molecule has 3 aliphatic rings. The van der Waals surface area contributed by atoms with Gasteiger partial charge in [0.15, 0.2) is 11.6 Å². The Hall–Kier alpha value is -1.18. The lowest BCUT2D eigenvalue weighted by Gasteiger charge is -2.42. The molecule has 0 aliphatic heterocycles. The van der Waals surface area contributed by atoms with Gasteiger partial charge in [-0.05, 0) is 110 Å². The first-order valence-corrected chi connectivity index (χ1v) is 12.7. The van der Waals surface area contributed by atoms with Crippen LogP contribution < -0.4 is 0 Å². The zero-order chi connectivity index (χ0) is 21.1. The summed E-state index contributed by atoms with van der Waals surface area (Å²) in [6.45, 7) is 6.07. The molecule has 0 bridgehead atoms. The van der Waals surface area contributed by atoms with E-state index < -0.39 is 11.6 Å². The summed E-state index contributed by atoms with van der Waals surface area (Å²) in [7, 11) is 0.